The summed E-state index contributed by atoms with van der Waals surface area (Å²) in [6, 6.07) is 8.74. The quantitative estimate of drug-likeness (QED) is 0.744. The van der Waals surface area contributed by atoms with E-state index in [0.717, 1.165) is 19.5 Å². The Morgan fingerprint density at radius 3 is 3.12 bits per heavy atom. The van der Waals surface area contributed by atoms with Gasteiger partial charge < -0.3 is 15.0 Å². The number of carbonyl (C=O) groups is 1. The minimum atomic E-state index is -0.221. The number of benzene rings is 1. The number of rotatable bonds is 0. The number of nitrogens with zero attached hydrogens (tertiary/aromatic N) is 1. The second-order valence-electron chi connectivity index (χ2n) is 4.65. The largest absolute Gasteiger partial charge is 0.453 e. The second-order valence-corrected chi connectivity index (χ2v) is 4.65. The van der Waals surface area contributed by atoms with E-state index in [1.807, 2.05) is 6.07 Å². The Hall–Kier alpha value is -1.71. The summed E-state index contributed by atoms with van der Waals surface area (Å²) in [6.45, 7) is 1.51. The highest BCUT2D eigenvalue weighted by Gasteiger charge is 2.37. The Morgan fingerprint density at radius 2 is 2.29 bits per heavy atom. The number of likely N-dealkylation sites (tertiary alicyclic amines) is 1. The molecular formula is C13H16N2O2. The zero-order chi connectivity index (χ0) is 11.8. The summed E-state index contributed by atoms with van der Waals surface area (Å²) in [4.78, 5) is 13.3. The van der Waals surface area contributed by atoms with Crippen molar-refractivity contribution in [1.82, 2.24) is 4.90 Å². The van der Waals surface area contributed by atoms with Gasteiger partial charge in [-0.1, -0.05) is 18.2 Å². The van der Waals surface area contributed by atoms with Crippen molar-refractivity contribution in [3.05, 3.63) is 29.8 Å². The van der Waals surface area contributed by atoms with Crippen LogP contribution < -0.4 is 5.32 Å². The molecule has 2 aliphatic heterocycles. The number of anilines is 1. The maximum Gasteiger partial charge on any atom is 0.409 e. The van der Waals surface area contributed by atoms with Crippen LogP contribution in [-0.4, -0.2) is 37.2 Å². The van der Waals surface area contributed by atoms with Gasteiger partial charge in [-0.25, -0.2) is 4.79 Å². The smallest absolute Gasteiger partial charge is 0.409 e. The van der Waals surface area contributed by atoms with Crippen molar-refractivity contribution in [1.29, 1.82) is 0 Å². The second kappa shape index (κ2) is 3.95. The van der Waals surface area contributed by atoms with Crippen molar-refractivity contribution < 1.29 is 9.53 Å². The highest BCUT2D eigenvalue weighted by molar-refractivity contribution is 5.68. The molecule has 2 heterocycles. The van der Waals surface area contributed by atoms with E-state index in [9.17, 15) is 4.79 Å². The number of nitrogens with one attached hydrogen (secondary N) is 1. The first-order valence-electron chi connectivity index (χ1n) is 5.98. The molecule has 1 aromatic carbocycles. The lowest BCUT2D eigenvalue weighted by atomic mass is 9.89. The number of hydrogen-bond acceptors (Lipinski definition) is 3. The van der Waals surface area contributed by atoms with Gasteiger partial charge in [0.2, 0.25) is 0 Å². The van der Waals surface area contributed by atoms with Gasteiger partial charge in [0, 0.05) is 24.7 Å². The van der Waals surface area contributed by atoms with E-state index in [1.54, 1.807) is 4.90 Å². The molecule has 1 aromatic rings. The number of piperidine rings is 1. The Balaban J connectivity index is 1.79. The molecule has 0 bridgehead atoms. The number of ether oxygens (including phenoxy) is 1. The molecule has 1 amide bonds. The number of methoxy groups -OCH3 is 1. The third-order valence-electron chi connectivity index (χ3n) is 3.75. The predicted molar refractivity (Wildman–Crippen MR) is 65.2 cm³/mol. The fraction of sp³-hybridized carbons (Fsp3) is 0.462. The molecule has 2 aliphatic rings. The van der Waals surface area contributed by atoms with Gasteiger partial charge in [-0.2, -0.15) is 0 Å². The highest BCUT2D eigenvalue weighted by Crippen LogP contribution is 2.40. The minimum absolute atomic E-state index is 0.221. The topological polar surface area (TPSA) is 41.6 Å². The van der Waals surface area contributed by atoms with Crippen molar-refractivity contribution in [2.24, 2.45) is 0 Å². The molecule has 0 saturated carbocycles. The van der Waals surface area contributed by atoms with Gasteiger partial charge in [0.25, 0.3) is 0 Å². The minimum Gasteiger partial charge on any atom is -0.453 e. The van der Waals surface area contributed by atoms with Crippen molar-refractivity contribution in [2.45, 2.75) is 18.4 Å². The average molecular weight is 232 g/mol. The van der Waals surface area contributed by atoms with Crippen molar-refractivity contribution in [3.63, 3.8) is 0 Å². The van der Waals surface area contributed by atoms with Crippen molar-refractivity contribution in [2.75, 3.05) is 25.5 Å². The maximum absolute atomic E-state index is 11.5. The standard InChI is InChI=1S/C13H16N2O2/c1-17-13(16)15-7-6-10-9-4-2-3-5-11(9)14-12(10)8-15/h2-5,10,12,14H,6-8H2,1H3/t10-,12-/m0/s1. The van der Waals surface area contributed by atoms with Gasteiger partial charge >= 0.3 is 6.09 Å². The summed E-state index contributed by atoms with van der Waals surface area (Å²) in [6.07, 6.45) is 0.783. The van der Waals surface area contributed by atoms with Crippen LogP contribution in [0.2, 0.25) is 0 Å². The summed E-state index contributed by atoms with van der Waals surface area (Å²) < 4.78 is 4.77. The van der Waals surface area contributed by atoms with E-state index in [0.29, 0.717) is 12.0 Å². The van der Waals surface area contributed by atoms with Crippen LogP contribution in [0.4, 0.5) is 10.5 Å². The van der Waals surface area contributed by atoms with Gasteiger partial charge in [-0.15, -0.1) is 0 Å². The number of carbonyl (C=O) groups excluding carboxylic acids is 1. The van der Waals surface area contributed by atoms with Crippen molar-refractivity contribution in [3.8, 4) is 0 Å². The molecule has 17 heavy (non-hydrogen) atoms. The van der Waals surface area contributed by atoms with E-state index in [1.165, 1.54) is 18.4 Å². The number of para-hydroxylation sites is 1. The van der Waals surface area contributed by atoms with Crippen LogP contribution in [0.5, 0.6) is 0 Å². The highest BCUT2D eigenvalue weighted by atomic mass is 16.5. The normalized spacial score (nSPS) is 25.8. The summed E-state index contributed by atoms with van der Waals surface area (Å²) in [5.74, 6) is 0.534. The van der Waals surface area contributed by atoms with Crippen LogP contribution in [0, 0.1) is 0 Å². The molecule has 1 N–H and O–H groups in total. The summed E-state index contributed by atoms with van der Waals surface area (Å²) in [5, 5.41) is 3.50. The van der Waals surface area contributed by atoms with Crippen LogP contribution in [0.1, 0.15) is 17.9 Å². The molecule has 1 saturated heterocycles. The van der Waals surface area contributed by atoms with E-state index < -0.39 is 0 Å². The molecule has 3 rings (SSSR count). The zero-order valence-electron chi connectivity index (χ0n) is 9.85. The molecule has 4 nitrogen and oxygen atoms in total. The van der Waals surface area contributed by atoms with Crippen LogP contribution >= 0.6 is 0 Å². The molecule has 0 aliphatic carbocycles. The van der Waals surface area contributed by atoms with E-state index in [-0.39, 0.29) is 6.09 Å². The molecular weight excluding hydrogens is 216 g/mol. The molecule has 2 atom stereocenters. The summed E-state index contributed by atoms with van der Waals surface area (Å²) in [5.41, 5.74) is 2.61. The molecule has 4 heteroatoms. The Labute approximate surface area is 101 Å². The summed E-state index contributed by atoms with van der Waals surface area (Å²) in [7, 11) is 1.44. The molecule has 0 radical (unpaired) electrons. The van der Waals surface area contributed by atoms with Crippen LogP contribution in [0.15, 0.2) is 24.3 Å². The fourth-order valence-electron chi connectivity index (χ4n) is 2.92. The SMILES string of the molecule is COC(=O)N1CC[C@H]2c3ccccc3N[C@H]2C1. The van der Waals surface area contributed by atoms with E-state index in [4.69, 9.17) is 4.74 Å². The van der Waals surface area contributed by atoms with Crippen molar-refractivity contribution >= 4 is 11.8 Å². The monoisotopic (exact) mass is 232 g/mol. The lowest BCUT2D eigenvalue weighted by Crippen LogP contribution is -2.46. The predicted octanol–water partition coefficient (Wildman–Crippen LogP) is 2.04. The Kier molecular flexibility index (Phi) is 2.42. The lowest BCUT2D eigenvalue weighted by molar-refractivity contribution is 0.110. The van der Waals surface area contributed by atoms with Crippen LogP contribution in [0.25, 0.3) is 0 Å². The summed E-state index contributed by atoms with van der Waals surface area (Å²) >= 11 is 0. The van der Waals surface area contributed by atoms with Gasteiger partial charge in [0.05, 0.1) is 13.2 Å². The fourth-order valence-corrected chi connectivity index (χ4v) is 2.92. The number of amides is 1. The Bertz CT molecular complexity index is 447. The van der Waals surface area contributed by atoms with E-state index in [2.05, 4.69) is 23.5 Å². The van der Waals surface area contributed by atoms with Gasteiger partial charge in [-0.05, 0) is 18.1 Å². The number of hydrogen-bond donors (Lipinski definition) is 1. The molecule has 0 spiro atoms. The van der Waals surface area contributed by atoms with E-state index >= 15 is 0 Å². The third-order valence-corrected chi connectivity index (χ3v) is 3.75. The van der Waals surface area contributed by atoms with Gasteiger partial charge in [-0.3, -0.25) is 0 Å². The number of fused-ring (bicyclic) bond motifs is 3. The molecule has 0 unspecified atom stereocenters. The first kappa shape index (κ1) is 10.4. The molecule has 90 valence electrons. The molecule has 0 aromatic heterocycles. The zero-order valence-corrected chi connectivity index (χ0v) is 9.85. The Morgan fingerprint density at radius 1 is 1.47 bits per heavy atom. The first-order valence-corrected chi connectivity index (χ1v) is 5.98. The van der Waals surface area contributed by atoms with Gasteiger partial charge in [0.1, 0.15) is 0 Å². The van der Waals surface area contributed by atoms with Gasteiger partial charge in [0.15, 0.2) is 0 Å². The van der Waals surface area contributed by atoms with Crippen LogP contribution in [-0.2, 0) is 4.74 Å². The molecule has 1 fully saturated rings. The average Bonchev–Trinajstić information content (AvgIpc) is 2.75. The lowest BCUT2D eigenvalue weighted by Gasteiger charge is -2.34. The first-order chi connectivity index (χ1) is 8.29. The maximum atomic E-state index is 11.5. The third kappa shape index (κ3) is 1.64. The van der Waals surface area contributed by atoms with Crippen LogP contribution in [0.3, 0.4) is 0 Å².